The van der Waals surface area contributed by atoms with Crippen LogP contribution >= 0.6 is 0 Å². The maximum absolute atomic E-state index is 11.8. The lowest BCUT2D eigenvalue weighted by atomic mass is 9.91. The first kappa shape index (κ1) is 25.8. The molecule has 0 aromatic heterocycles. The highest BCUT2D eigenvalue weighted by atomic mass is 16.7. The lowest BCUT2D eigenvalue weighted by Crippen LogP contribution is -2.64. The minimum Gasteiger partial charge on any atom is -0.463 e. The van der Waals surface area contributed by atoms with Crippen LogP contribution in [0, 0.1) is 11.8 Å². The van der Waals surface area contributed by atoms with Crippen LogP contribution in [0.1, 0.15) is 33.3 Å². The van der Waals surface area contributed by atoms with Crippen molar-refractivity contribution < 1.29 is 48.0 Å². The molecule has 6 atom stereocenters. The monoisotopic (exact) mass is 462 g/mol. The van der Waals surface area contributed by atoms with Crippen molar-refractivity contribution in [2.75, 3.05) is 6.61 Å². The summed E-state index contributed by atoms with van der Waals surface area (Å²) in [6, 6.07) is 8.80. The molecule has 1 aromatic carbocycles. The Bertz CT molecular complexity index is 916. The van der Waals surface area contributed by atoms with Crippen molar-refractivity contribution in [2.45, 2.75) is 64.3 Å². The molecule has 1 fully saturated rings. The summed E-state index contributed by atoms with van der Waals surface area (Å²) >= 11 is 0. The molecule has 0 bridgehead atoms. The first-order chi connectivity index (χ1) is 15.6. The third kappa shape index (κ3) is 7.89. The predicted octanol–water partition coefficient (Wildman–Crippen LogP) is 0.525. The molecule has 0 radical (unpaired) electrons. The fourth-order valence-corrected chi connectivity index (χ4v) is 3.28. The summed E-state index contributed by atoms with van der Waals surface area (Å²) in [5.41, 5.74) is 0.613. The van der Waals surface area contributed by atoms with E-state index < -0.39 is 60.5 Å². The number of benzene rings is 1. The van der Waals surface area contributed by atoms with Gasteiger partial charge >= 0.3 is 23.9 Å². The Hall–Kier alpha value is -3.42. The van der Waals surface area contributed by atoms with Crippen LogP contribution in [0.2, 0.25) is 0 Å². The summed E-state index contributed by atoms with van der Waals surface area (Å²) in [6.07, 6.45) is -7.99. The van der Waals surface area contributed by atoms with Gasteiger partial charge in [-0.05, 0) is 12.1 Å². The average Bonchev–Trinajstić information content (AvgIpc) is 2.73. The predicted molar refractivity (Wildman–Crippen MR) is 111 cm³/mol. The van der Waals surface area contributed by atoms with E-state index in [1.807, 2.05) is 0 Å². The van der Waals surface area contributed by atoms with Gasteiger partial charge in [0.1, 0.15) is 24.9 Å². The van der Waals surface area contributed by atoms with Gasteiger partial charge in [0.15, 0.2) is 18.3 Å². The van der Waals surface area contributed by atoms with Crippen LogP contribution in [-0.4, -0.2) is 72.2 Å². The van der Waals surface area contributed by atoms with E-state index in [0.717, 1.165) is 20.8 Å². The molecule has 1 aliphatic rings. The van der Waals surface area contributed by atoms with Crippen LogP contribution < -0.4 is 0 Å². The van der Waals surface area contributed by atoms with Gasteiger partial charge in [-0.1, -0.05) is 30.0 Å². The summed E-state index contributed by atoms with van der Waals surface area (Å²) in [6.45, 7) is 4.16. The largest absolute Gasteiger partial charge is 0.463 e. The Morgan fingerprint density at radius 3 is 1.97 bits per heavy atom. The van der Waals surface area contributed by atoms with E-state index in [0.29, 0.717) is 5.56 Å². The van der Waals surface area contributed by atoms with Gasteiger partial charge in [0.2, 0.25) is 0 Å². The molecule has 0 amide bonds. The van der Waals surface area contributed by atoms with Gasteiger partial charge in [-0.3, -0.25) is 19.2 Å². The Kier molecular flexibility index (Phi) is 9.39. The zero-order chi connectivity index (χ0) is 24.5. The summed E-state index contributed by atoms with van der Waals surface area (Å²) in [5.74, 6) is 2.52. The number of carbonyl (C=O) groups is 4. The van der Waals surface area contributed by atoms with Crippen LogP contribution in [0.25, 0.3) is 0 Å². The fraction of sp³-hybridized carbons (Fsp3) is 0.478. The number of carbonyl (C=O) groups excluding carboxylic acids is 4. The smallest absolute Gasteiger partial charge is 0.303 e. The third-order valence-electron chi connectivity index (χ3n) is 4.48. The van der Waals surface area contributed by atoms with Crippen molar-refractivity contribution in [3.63, 3.8) is 0 Å². The molecule has 0 unspecified atom stereocenters. The standard InChI is InChI=1S/C23H26O10/c1-13(24)29-12-19-21(30-14(2)25)23(32-16(4)27)22(31-15(3)26)20(33-19)18(28)11-10-17-8-6-5-7-9-17/h5-9,18-23,28H,12H2,1-4H3/t18-,19-,20+,21-,22+,23+/m1/s1. The molecule has 1 N–H and O–H groups in total. The number of aliphatic hydroxyl groups excluding tert-OH is 1. The minimum atomic E-state index is -1.51. The Balaban J connectivity index is 2.46. The van der Waals surface area contributed by atoms with Gasteiger partial charge in [-0.25, -0.2) is 0 Å². The maximum atomic E-state index is 11.8. The first-order valence-electron chi connectivity index (χ1n) is 10.1. The maximum Gasteiger partial charge on any atom is 0.303 e. The van der Waals surface area contributed by atoms with E-state index in [-0.39, 0.29) is 6.61 Å². The Morgan fingerprint density at radius 1 is 0.879 bits per heavy atom. The number of rotatable bonds is 6. The second kappa shape index (κ2) is 12.0. The minimum absolute atomic E-state index is 0.382. The topological polar surface area (TPSA) is 135 Å². The summed E-state index contributed by atoms with van der Waals surface area (Å²) in [7, 11) is 0. The van der Waals surface area contributed by atoms with E-state index in [1.165, 1.54) is 6.92 Å². The summed E-state index contributed by atoms with van der Waals surface area (Å²) in [4.78, 5) is 46.7. The molecule has 0 spiro atoms. The molecular formula is C23H26O10. The van der Waals surface area contributed by atoms with E-state index in [1.54, 1.807) is 30.3 Å². The Labute approximate surface area is 191 Å². The quantitative estimate of drug-likeness (QED) is 0.362. The molecule has 1 aliphatic heterocycles. The van der Waals surface area contributed by atoms with Crippen molar-refractivity contribution in [3.05, 3.63) is 35.9 Å². The van der Waals surface area contributed by atoms with Gasteiger partial charge in [-0.2, -0.15) is 0 Å². The number of esters is 4. The molecule has 1 saturated heterocycles. The molecule has 0 saturated carbocycles. The normalized spacial score (nSPS) is 24.9. The second-order valence-corrected chi connectivity index (χ2v) is 7.24. The van der Waals surface area contributed by atoms with Crippen molar-refractivity contribution in [2.24, 2.45) is 0 Å². The number of aliphatic hydroxyl groups is 1. The summed E-state index contributed by atoms with van der Waals surface area (Å²) < 4.78 is 26.8. The van der Waals surface area contributed by atoms with Crippen LogP contribution in [0.3, 0.4) is 0 Å². The zero-order valence-corrected chi connectivity index (χ0v) is 18.7. The first-order valence-corrected chi connectivity index (χ1v) is 10.1. The molecule has 0 aliphatic carbocycles. The SMILES string of the molecule is CC(=O)OC[C@H]1O[C@@H]([C@H](O)C#Cc2ccccc2)[C@H](OC(C)=O)[C@@H](OC(C)=O)[C@@H]1OC(C)=O. The van der Waals surface area contributed by atoms with Gasteiger partial charge < -0.3 is 28.8 Å². The summed E-state index contributed by atoms with van der Waals surface area (Å²) in [5, 5.41) is 10.8. The average molecular weight is 462 g/mol. The molecule has 10 nitrogen and oxygen atoms in total. The fourth-order valence-electron chi connectivity index (χ4n) is 3.28. The van der Waals surface area contributed by atoms with Gasteiger partial charge in [0.05, 0.1) is 0 Å². The van der Waals surface area contributed by atoms with Crippen molar-refractivity contribution in [3.8, 4) is 11.8 Å². The van der Waals surface area contributed by atoms with Gasteiger partial charge in [0, 0.05) is 33.3 Å². The lowest BCUT2D eigenvalue weighted by molar-refractivity contribution is -0.261. The molecule has 33 heavy (non-hydrogen) atoms. The van der Waals surface area contributed by atoms with Crippen molar-refractivity contribution in [1.82, 2.24) is 0 Å². The molecule has 178 valence electrons. The van der Waals surface area contributed by atoms with Crippen molar-refractivity contribution in [1.29, 1.82) is 0 Å². The highest BCUT2D eigenvalue weighted by Crippen LogP contribution is 2.30. The third-order valence-corrected chi connectivity index (χ3v) is 4.48. The van der Waals surface area contributed by atoms with E-state index in [2.05, 4.69) is 11.8 Å². The molecule has 1 heterocycles. The van der Waals surface area contributed by atoms with Crippen LogP contribution in [0.4, 0.5) is 0 Å². The molecular weight excluding hydrogens is 436 g/mol. The molecule has 10 heteroatoms. The number of hydrogen-bond donors (Lipinski definition) is 1. The van der Waals surface area contributed by atoms with E-state index >= 15 is 0 Å². The number of ether oxygens (including phenoxy) is 5. The van der Waals surface area contributed by atoms with Gasteiger partial charge in [-0.15, -0.1) is 0 Å². The number of hydrogen-bond acceptors (Lipinski definition) is 10. The second-order valence-electron chi connectivity index (χ2n) is 7.24. The van der Waals surface area contributed by atoms with Gasteiger partial charge in [0.25, 0.3) is 0 Å². The van der Waals surface area contributed by atoms with E-state index in [4.69, 9.17) is 23.7 Å². The highest BCUT2D eigenvalue weighted by molar-refractivity contribution is 5.68. The van der Waals surface area contributed by atoms with Crippen LogP contribution in [0.15, 0.2) is 30.3 Å². The highest BCUT2D eigenvalue weighted by Gasteiger charge is 2.53. The zero-order valence-electron chi connectivity index (χ0n) is 18.7. The van der Waals surface area contributed by atoms with Crippen molar-refractivity contribution >= 4 is 23.9 Å². The molecule has 2 rings (SSSR count). The Morgan fingerprint density at radius 2 is 1.42 bits per heavy atom. The lowest BCUT2D eigenvalue weighted by Gasteiger charge is -2.45. The molecule has 1 aromatic rings. The van der Waals surface area contributed by atoms with E-state index in [9.17, 15) is 24.3 Å². The van der Waals surface area contributed by atoms with Crippen LogP contribution in [0.5, 0.6) is 0 Å². The van der Waals surface area contributed by atoms with Crippen LogP contribution in [-0.2, 0) is 42.9 Å².